The lowest BCUT2D eigenvalue weighted by Crippen LogP contribution is -2.80. The maximum Gasteiger partial charge on any atom is 0.241 e. The normalized spacial score (nSPS) is 34.4. The predicted octanol–water partition coefficient (Wildman–Crippen LogP) is -0.426. The molecule has 2 heterocycles. The highest BCUT2D eigenvalue weighted by molar-refractivity contribution is 5.89. The third kappa shape index (κ3) is 1.63. The van der Waals surface area contributed by atoms with Crippen LogP contribution >= 0.6 is 0 Å². The molecule has 2 aliphatic rings. The molecule has 110 valence electrons. The van der Waals surface area contributed by atoms with Crippen molar-refractivity contribution in [3.63, 3.8) is 0 Å². The van der Waals surface area contributed by atoms with Gasteiger partial charge in [0.1, 0.15) is 11.9 Å². The average Bonchev–Trinajstić information content (AvgIpc) is 3.02. The number of amides is 1. The Hall–Kier alpha value is -1.47. The van der Waals surface area contributed by atoms with E-state index < -0.39 is 5.54 Å². The van der Waals surface area contributed by atoms with Gasteiger partial charge in [-0.25, -0.2) is 4.98 Å². The second kappa shape index (κ2) is 4.26. The third-order valence-electron chi connectivity index (χ3n) is 4.88. The first-order valence-corrected chi connectivity index (χ1v) is 6.90. The summed E-state index contributed by atoms with van der Waals surface area (Å²) in [6, 6.07) is 0. The number of ether oxygens (including phenoxy) is 1. The zero-order valence-corrected chi connectivity index (χ0v) is 12.1. The first-order valence-electron chi connectivity index (χ1n) is 6.90. The molecule has 2 fully saturated rings. The molecule has 1 saturated heterocycles. The summed E-state index contributed by atoms with van der Waals surface area (Å²) in [5.74, 6) is 0.552. The topological polar surface area (TPSA) is 95.1 Å². The fourth-order valence-corrected chi connectivity index (χ4v) is 3.62. The molecule has 1 aromatic heterocycles. The molecular formula is C13H21N5O2. The average molecular weight is 279 g/mol. The number of aryl methyl sites for hydroxylation is 1. The van der Waals surface area contributed by atoms with Crippen LogP contribution in [0.5, 0.6) is 0 Å². The Morgan fingerprint density at radius 2 is 2.40 bits per heavy atom. The van der Waals surface area contributed by atoms with Gasteiger partial charge in [-0.1, -0.05) is 13.8 Å². The number of rotatable bonds is 3. The van der Waals surface area contributed by atoms with Crippen LogP contribution < -0.4 is 11.1 Å². The summed E-state index contributed by atoms with van der Waals surface area (Å²) >= 11 is 0. The van der Waals surface area contributed by atoms with Crippen LogP contribution in [0.4, 0.5) is 0 Å². The first-order chi connectivity index (χ1) is 9.37. The van der Waals surface area contributed by atoms with E-state index in [0.29, 0.717) is 19.0 Å². The highest BCUT2D eigenvalue weighted by Crippen LogP contribution is 2.58. The lowest BCUT2D eigenvalue weighted by molar-refractivity contribution is -0.175. The molecule has 7 nitrogen and oxygen atoms in total. The van der Waals surface area contributed by atoms with E-state index >= 15 is 0 Å². The van der Waals surface area contributed by atoms with Gasteiger partial charge in [-0.15, -0.1) is 0 Å². The van der Waals surface area contributed by atoms with Crippen molar-refractivity contribution in [1.29, 1.82) is 0 Å². The Morgan fingerprint density at radius 1 is 1.65 bits per heavy atom. The molecule has 7 heteroatoms. The Kier molecular flexibility index (Phi) is 2.88. The summed E-state index contributed by atoms with van der Waals surface area (Å²) < 4.78 is 7.30. The molecule has 0 spiro atoms. The van der Waals surface area contributed by atoms with Gasteiger partial charge in [-0.3, -0.25) is 9.48 Å². The Labute approximate surface area is 117 Å². The Morgan fingerprint density at radius 3 is 3.05 bits per heavy atom. The van der Waals surface area contributed by atoms with Crippen molar-refractivity contribution in [3.05, 3.63) is 12.2 Å². The fourth-order valence-electron chi connectivity index (χ4n) is 3.62. The molecule has 0 bridgehead atoms. The van der Waals surface area contributed by atoms with Crippen molar-refractivity contribution < 1.29 is 9.53 Å². The van der Waals surface area contributed by atoms with Gasteiger partial charge >= 0.3 is 0 Å². The molecular weight excluding hydrogens is 258 g/mol. The van der Waals surface area contributed by atoms with Gasteiger partial charge in [0.2, 0.25) is 5.91 Å². The van der Waals surface area contributed by atoms with Gasteiger partial charge in [-0.2, -0.15) is 5.10 Å². The first kappa shape index (κ1) is 13.5. The van der Waals surface area contributed by atoms with Gasteiger partial charge in [0.05, 0.1) is 12.6 Å². The molecule has 1 amide bonds. The highest BCUT2D eigenvalue weighted by atomic mass is 16.5. The fraction of sp³-hybridized carbons (Fsp3) is 0.769. The molecule has 1 saturated carbocycles. The van der Waals surface area contributed by atoms with Crippen molar-refractivity contribution >= 4 is 5.91 Å². The van der Waals surface area contributed by atoms with Crippen LogP contribution in [-0.2, 0) is 23.1 Å². The molecule has 1 aliphatic carbocycles. The van der Waals surface area contributed by atoms with E-state index in [0.717, 1.165) is 6.42 Å². The van der Waals surface area contributed by atoms with Crippen LogP contribution in [0, 0.1) is 11.3 Å². The third-order valence-corrected chi connectivity index (χ3v) is 4.88. The lowest BCUT2D eigenvalue weighted by Gasteiger charge is -2.60. The lowest BCUT2D eigenvalue weighted by atomic mass is 9.48. The van der Waals surface area contributed by atoms with Gasteiger partial charge < -0.3 is 15.8 Å². The standard InChI is InChI=1S/C13H21N5O2/c1-12(2)10-8(4-5-20-10)13(12,14)11(19)15-6-9-16-7-18(3)17-9/h7-8,10H,4-6,14H2,1-3H3,(H,15,19). The van der Waals surface area contributed by atoms with E-state index in [1.807, 2.05) is 13.8 Å². The minimum Gasteiger partial charge on any atom is -0.377 e. The number of hydrogen-bond donors (Lipinski definition) is 2. The predicted molar refractivity (Wildman–Crippen MR) is 71.4 cm³/mol. The van der Waals surface area contributed by atoms with E-state index in [2.05, 4.69) is 15.4 Å². The second-order valence-electron chi connectivity index (χ2n) is 6.29. The molecule has 0 aromatic carbocycles. The Bertz CT molecular complexity index is 541. The number of nitrogens with one attached hydrogen (secondary N) is 1. The highest BCUT2D eigenvalue weighted by Gasteiger charge is 2.71. The zero-order chi connectivity index (χ0) is 14.5. The quantitative estimate of drug-likeness (QED) is 0.783. The van der Waals surface area contributed by atoms with Gasteiger partial charge in [0.15, 0.2) is 5.82 Å². The second-order valence-corrected chi connectivity index (χ2v) is 6.29. The van der Waals surface area contributed by atoms with Crippen molar-refractivity contribution in [2.45, 2.75) is 38.5 Å². The van der Waals surface area contributed by atoms with E-state index in [9.17, 15) is 4.79 Å². The summed E-state index contributed by atoms with van der Waals surface area (Å²) in [6.07, 6.45) is 2.54. The zero-order valence-electron chi connectivity index (χ0n) is 12.1. The number of hydrogen-bond acceptors (Lipinski definition) is 5. The van der Waals surface area contributed by atoms with Crippen LogP contribution in [0.2, 0.25) is 0 Å². The molecule has 3 unspecified atom stereocenters. The van der Waals surface area contributed by atoms with E-state index in [4.69, 9.17) is 10.5 Å². The van der Waals surface area contributed by atoms with E-state index in [1.54, 1.807) is 18.1 Å². The van der Waals surface area contributed by atoms with Gasteiger partial charge in [0, 0.05) is 25.0 Å². The van der Waals surface area contributed by atoms with Crippen LogP contribution in [0.3, 0.4) is 0 Å². The number of fused-ring (bicyclic) bond motifs is 1. The van der Waals surface area contributed by atoms with Crippen molar-refractivity contribution in [2.75, 3.05) is 6.61 Å². The van der Waals surface area contributed by atoms with Gasteiger partial charge in [0.25, 0.3) is 0 Å². The molecule has 3 N–H and O–H groups in total. The number of aromatic nitrogens is 3. The molecule has 1 aromatic rings. The number of carbonyl (C=O) groups excluding carboxylic acids is 1. The Balaban J connectivity index is 1.70. The summed E-state index contributed by atoms with van der Waals surface area (Å²) in [5, 5.41) is 7.00. The summed E-state index contributed by atoms with van der Waals surface area (Å²) in [6.45, 7) is 4.98. The summed E-state index contributed by atoms with van der Waals surface area (Å²) in [7, 11) is 1.79. The van der Waals surface area contributed by atoms with Crippen LogP contribution in [0.1, 0.15) is 26.1 Å². The van der Waals surface area contributed by atoms with E-state index in [-0.39, 0.29) is 23.3 Å². The smallest absolute Gasteiger partial charge is 0.241 e. The molecule has 3 rings (SSSR count). The minimum absolute atomic E-state index is 0.0891. The van der Waals surface area contributed by atoms with Crippen molar-refractivity contribution in [1.82, 2.24) is 20.1 Å². The summed E-state index contributed by atoms with van der Waals surface area (Å²) in [5.41, 5.74) is 5.22. The monoisotopic (exact) mass is 279 g/mol. The minimum atomic E-state index is -0.872. The van der Waals surface area contributed by atoms with Crippen molar-refractivity contribution in [2.24, 2.45) is 24.1 Å². The largest absolute Gasteiger partial charge is 0.377 e. The van der Waals surface area contributed by atoms with Gasteiger partial charge in [-0.05, 0) is 6.42 Å². The number of nitrogens with zero attached hydrogens (tertiary/aromatic N) is 3. The maximum absolute atomic E-state index is 12.5. The number of nitrogens with two attached hydrogens (primary N) is 1. The molecule has 1 aliphatic heterocycles. The van der Waals surface area contributed by atoms with Crippen molar-refractivity contribution in [3.8, 4) is 0 Å². The molecule has 0 radical (unpaired) electrons. The van der Waals surface area contributed by atoms with Crippen LogP contribution in [-0.4, -0.2) is 38.9 Å². The summed E-state index contributed by atoms with van der Waals surface area (Å²) in [4.78, 5) is 16.6. The van der Waals surface area contributed by atoms with Crippen LogP contribution in [0.15, 0.2) is 6.33 Å². The number of carbonyl (C=O) groups is 1. The molecule has 3 atom stereocenters. The SMILES string of the molecule is Cn1cnc(CNC(=O)C2(N)C3CCOC3C2(C)C)n1. The van der Waals surface area contributed by atoms with Crippen LogP contribution in [0.25, 0.3) is 0 Å². The van der Waals surface area contributed by atoms with E-state index in [1.165, 1.54) is 0 Å². The maximum atomic E-state index is 12.5. The molecule has 20 heavy (non-hydrogen) atoms.